The van der Waals surface area contributed by atoms with E-state index < -0.39 is 6.10 Å². The summed E-state index contributed by atoms with van der Waals surface area (Å²) in [7, 11) is 0. The number of rotatable bonds is 8. The van der Waals surface area contributed by atoms with Crippen LogP contribution in [0.25, 0.3) is 0 Å². The average Bonchev–Trinajstić information content (AvgIpc) is 2.37. The van der Waals surface area contributed by atoms with Crippen LogP contribution < -0.4 is 11.1 Å². The lowest BCUT2D eigenvalue weighted by molar-refractivity contribution is 0.170. The summed E-state index contributed by atoms with van der Waals surface area (Å²) >= 11 is 0. The summed E-state index contributed by atoms with van der Waals surface area (Å²) in [4.78, 5) is 0. The summed E-state index contributed by atoms with van der Waals surface area (Å²) in [6, 6.07) is 7.97. The molecule has 4 N–H and O–H groups in total. The lowest BCUT2D eigenvalue weighted by atomic mass is 10.0. The molecule has 18 heavy (non-hydrogen) atoms. The van der Waals surface area contributed by atoms with E-state index in [1.807, 2.05) is 24.3 Å². The van der Waals surface area contributed by atoms with Crippen LogP contribution in [0.2, 0.25) is 0 Å². The number of hydrogen-bond acceptors (Lipinski definition) is 3. The first-order valence-electron chi connectivity index (χ1n) is 6.89. The maximum atomic E-state index is 9.90. The molecule has 0 aliphatic carbocycles. The summed E-state index contributed by atoms with van der Waals surface area (Å²) in [5.74, 6) is 0.674. The van der Waals surface area contributed by atoms with Gasteiger partial charge in [-0.1, -0.05) is 32.4 Å². The van der Waals surface area contributed by atoms with Gasteiger partial charge in [0.05, 0.1) is 6.10 Å². The predicted octanol–water partition coefficient (Wildman–Crippen LogP) is 2.92. The van der Waals surface area contributed by atoms with Gasteiger partial charge in [0.25, 0.3) is 0 Å². The van der Waals surface area contributed by atoms with Gasteiger partial charge < -0.3 is 16.2 Å². The van der Waals surface area contributed by atoms with E-state index in [-0.39, 0.29) is 0 Å². The Kier molecular flexibility index (Phi) is 6.76. The van der Waals surface area contributed by atoms with Crippen molar-refractivity contribution in [2.75, 3.05) is 18.4 Å². The number of aliphatic hydroxyl groups excluding tert-OH is 1. The highest BCUT2D eigenvalue weighted by Crippen LogP contribution is 2.20. The molecule has 0 aliphatic rings. The molecule has 3 heteroatoms. The van der Waals surface area contributed by atoms with E-state index in [0.29, 0.717) is 18.9 Å². The van der Waals surface area contributed by atoms with Gasteiger partial charge >= 0.3 is 0 Å². The minimum Gasteiger partial charge on any atom is -0.388 e. The second-order valence-electron chi connectivity index (χ2n) is 4.99. The minimum atomic E-state index is -0.454. The normalized spacial score (nSPS) is 14.2. The average molecular weight is 250 g/mol. The minimum absolute atomic E-state index is 0.454. The molecule has 0 amide bonds. The molecule has 3 nitrogen and oxygen atoms in total. The van der Waals surface area contributed by atoms with Gasteiger partial charge in [0.2, 0.25) is 0 Å². The Labute approximate surface area is 110 Å². The van der Waals surface area contributed by atoms with E-state index in [0.717, 1.165) is 17.8 Å². The summed E-state index contributed by atoms with van der Waals surface area (Å²) in [6.45, 7) is 5.94. The van der Waals surface area contributed by atoms with Crippen molar-refractivity contribution in [1.29, 1.82) is 0 Å². The highest BCUT2D eigenvalue weighted by molar-refractivity contribution is 5.46. The zero-order chi connectivity index (χ0) is 13.4. The van der Waals surface area contributed by atoms with Crippen molar-refractivity contribution >= 4 is 5.69 Å². The second-order valence-corrected chi connectivity index (χ2v) is 4.99. The van der Waals surface area contributed by atoms with Crippen molar-refractivity contribution in [3.63, 3.8) is 0 Å². The standard InChI is InChI=1S/C15H26N2O/c1-3-5-12(2)11-17-14-7-4-6-13(10-14)15(18)8-9-16/h4,6-7,10,12,15,17-18H,3,5,8-9,11,16H2,1-2H3. The van der Waals surface area contributed by atoms with Crippen molar-refractivity contribution in [2.24, 2.45) is 11.7 Å². The molecule has 0 bridgehead atoms. The summed E-state index contributed by atoms with van der Waals surface area (Å²) in [5.41, 5.74) is 7.47. The molecule has 2 atom stereocenters. The molecular weight excluding hydrogens is 224 g/mol. The third-order valence-electron chi connectivity index (χ3n) is 3.15. The van der Waals surface area contributed by atoms with Crippen molar-refractivity contribution in [1.82, 2.24) is 0 Å². The highest BCUT2D eigenvalue weighted by Gasteiger charge is 2.07. The molecule has 0 aromatic heterocycles. The number of anilines is 1. The van der Waals surface area contributed by atoms with Gasteiger partial charge in [-0.15, -0.1) is 0 Å². The molecule has 1 rings (SSSR count). The number of hydrogen-bond donors (Lipinski definition) is 3. The Balaban J connectivity index is 2.54. The first-order valence-corrected chi connectivity index (χ1v) is 6.89. The fourth-order valence-corrected chi connectivity index (χ4v) is 2.07. The lowest BCUT2D eigenvalue weighted by Crippen LogP contribution is -2.11. The van der Waals surface area contributed by atoms with Crippen LogP contribution in [-0.2, 0) is 0 Å². The molecule has 0 radical (unpaired) electrons. The van der Waals surface area contributed by atoms with E-state index in [1.54, 1.807) is 0 Å². The quantitative estimate of drug-likeness (QED) is 0.665. The van der Waals surface area contributed by atoms with Gasteiger partial charge in [0.1, 0.15) is 0 Å². The Morgan fingerprint density at radius 1 is 1.33 bits per heavy atom. The van der Waals surface area contributed by atoms with Crippen LogP contribution in [0.4, 0.5) is 5.69 Å². The first-order chi connectivity index (χ1) is 8.67. The van der Waals surface area contributed by atoms with E-state index in [2.05, 4.69) is 19.2 Å². The Morgan fingerprint density at radius 2 is 2.11 bits per heavy atom. The van der Waals surface area contributed by atoms with Gasteiger partial charge in [0, 0.05) is 12.2 Å². The summed E-state index contributed by atoms with van der Waals surface area (Å²) in [6.07, 6.45) is 2.61. The zero-order valence-corrected chi connectivity index (χ0v) is 11.5. The van der Waals surface area contributed by atoms with Crippen LogP contribution in [0.3, 0.4) is 0 Å². The molecule has 0 saturated carbocycles. The number of benzene rings is 1. The van der Waals surface area contributed by atoms with Crippen molar-refractivity contribution in [3.05, 3.63) is 29.8 Å². The second kappa shape index (κ2) is 8.11. The van der Waals surface area contributed by atoms with Crippen LogP contribution in [0.5, 0.6) is 0 Å². The smallest absolute Gasteiger partial charge is 0.0802 e. The van der Waals surface area contributed by atoms with Crippen molar-refractivity contribution < 1.29 is 5.11 Å². The van der Waals surface area contributed by atoms with Crippen LogP contribution in [0.15, 0.2) is 24.3 Å². The van der Waals surface area contributed by atoms with Gasteiger partial charge in [-0.2, -0.15) is 0 Å². The molecule has 1 aromatic carbocycles. The third kappa shape index (κ3) is 5.07. The largest absolute Gasteiger partial charge is 0.388 e. The molecule has 2 unspecified atom stereocenters. The van der Waals surface area contributed by atoms with E-state index >= 15 is 0 Å². The molecule has 0 saturated heterocycles. The van der Waals surface area contributed by atoms with Crippen molar-refractivity contribution in [2.45, 2.75) is 39.2 Å². The fraction of sp³-hybridized carbons (Fsp3) is 0.600. The van der Waals surface area contributed by atoms with Crippen LogP contribution in [0, 0.1) is 5.92 Å². The predicted molar refractivity (Wildman–Crippen MR) is 77.6 cm³/mol. The monoisotopic (exact) mass is 250 g/mol. The first kappa shape index (κ1) is 15.0. The molecular formula is C15H26N2O. The zero-order valence-electron chi connectivity index (χ0n) is 11.5. The van der Waals surface area contributed by atoms with Crippen LogP contribution >= 0.6 is 0 Å². The van der Waals surface area contributed by atoms with E-state index in [4.69, 9.17) is 5.73 Å². The Morgan fingerprint density at radius 3 is 2.78 bits per heavy atom. The van der Waals surface area contributed by atoms with Crippen LogP contribution in [0.1, 0.15) is 44.8 Å². The number of nitrogens with two attached hydrogens (primary N) is 1. The SMILES string of the molecule is CCCC(C)CNc1cccc(C(O)CCN)c1. The van der Waals surface area contributed by atoms with E-state index in [9.17, 15) is 5.11 Å². The summed E-state index contributed by atoms with van der Waals surface area (Å²) < 4.78 is 0. The molecule has 1 aromatic rings. The molecule has 0 heterocycles. The van der Waals surface area contributed by atoms with Gasteiger partial charge in [-0.05, 0) is 43.0 Å². The Bertz CT molecular complexity index is 341. The van der Waals surface area contributed by atoms with Crippen LogP contribution in [-0.4, -0.2) is 18.2 Å². The fourth-order valence-electron chi connectivity index (χ4n) is 2.07. The van der Waals surface area contributed by atoms with E-state index in [1.165, 1.54) is 12.8 Å². The maximum Gasteiger partial charge on any atom is 0.0802 e. The topological polar surface area (TPSA) is 58.3 Å². The molecule has 0 spiro atoms. The van der Waals surface area contributed by atoms with Gasteiger partial charge in [-0.25, -0.2) is 0 Å². The maximum absolute atomic E-state index is 9.90. The van der Waals surface area contributed by atoms with Gasteiger partial charge in [-0.3, -0.25) is 0 Å². The van der Waals surface area contributed by atoms with Crippen molar-refractivity contribution in [3.8, 4) is 0 Å². The number of aliphatic hydroxyl groups is 1. The molecule has 102 valence electrons. The Hall–Kier alpha value is -1.06. The lowest BCUT2D eigenvalue weighted by Gasteiger charge is -2.15. The molecule has 0 aliphatic heterocycles. The molecule has 0 fully saturated rings. The third-order valence-corrected chi connectivity index (χ3v) is 3.15. The van der Waals surface area contributed by atoms with Gasteiger partial charge in [0.15, 0.2) is 0 Å². The summed E-state index contributed by atoms with van der Waals surface area (Å²) in [5, 5.41) is 13.3. The number of nitrogens with one attached hydrogen (secondary N) is 1. The highest BCUT2D eigenvalue weighted by atomic mass is 16.3.